The molecule has 10 heteroatoms. The van der Waals surface area contributed by atoms with Gasteiger partial charge >= 0.3 is 5.97 Å². The van der Waals surface area contributed by atoms with Crippen LogP contribution in [0, 0.1) is 0 Å². The molecule has 0 aliphatic heterocycles. The number of carboxylic acids is 1. The second-order valence-electron chi connectivity index (χ2n) is 5.56. The third-order valence-corrected chi connectivity index (χ3v) is 3.30. The molecule has 2 rings (SSSR count). The first-order valence-corrected chi connectivity index (χ1v) is 7.68. The Morgan fingerprint density at radius 2 is 2.00 bits per heavy atom. The van der Waals surface area contributed by atoms with Crippen molar-refractivity contribution >= 4 is 17.8 Å². The van der Waals surface area contributed by atoms with Gasteiger partial charge in [0.05, 0.1) is 18.3 Å². The highest BCUT2D eigenvalue weighted by molar-refractivity contribution is 5.97. The molecule has 0 spiro atoms. The maximum absolute atomic E-state index is 12.4. The Balaban J connectivity index is 1.97. The molecule has 0 aliphatic carbocycles. The molecule has 0 saturated carbocycles. The molecule has 26 heavy (non-hydrogen) atoms. The number of aromatic nitrogens is 3. The molecule has 0 atom stereocenters. The van der Waals surface area contributed by atoms with E-state index >= 15 is 0 Å². The minimum Gasteiger partial charge on any atom is -0.483 e. The Hall–Kier alpha value is -3.43. The molecule has 0 saturated heterocycles. The first-order valence-electron chi connectivity index (χ1n) is 7.68. The predicted octanol–water partition coefficient (Wildman–Crippen LogP) is -0.240. The molecule has 1 aromatic carbocycles. The molecule has 0 unspecified atom stereocenters. The van der Waals surface area contributed by atoms with Gasteiger partial charge in [0, 0.05) is 14.1 Å². The summed E-state index contributed by atoms with van der Waals surface area (Å²) in [4.78, 5) is 36.0. The Labute approximate surface area is 149 Å². The van der Waals surface area contributed by atoms with Crippen LogP contribution in [0.1, 0.15) is 16.1 Å². The number of amides is 2. The van der Waals surface area contributed by atoms with E-state index in [2.05, 4.69) is 15.6 Å². The number of benzene rings is 1. The van der Waals surface area contributed by atoms with Crippen LogP contribution in [0.15, 0.2) is 30.5 Å². The van der Waals surface area contributed by atoms with E-state index in [0.29, 0.717) is 5.69 Å². The normalized spacial score (nSPS) is 10.2. The lowest BCUT2D eigenvalue weighted by molar-refractivity contribution is -0.138. The third-order valence-electron chi connectivity index (χ3n) is 3.30. The summed E-state index contributed by atoms with van der Waals surface area (Å²) in [5.74, 6) is -1.39. The van der Waals surface area contributed by atoms with Crippen molar-refractivity contribution in [3.63, 3.8) is 0 Å². The van der Waals surface area contributed by atoms with Crippen molar-refractivity contribution in [1.82, 2.24) is 25.2 Å². The monoisotopic (exact) mass is 361 g/mol. The number of likely N-dealkylation sites (N-methyl/N-ethyl adjacent to an activating group) is 1. The largest absolute Gasteiger partial charge is 0.483 e. The molecular formula is C16H19N5O5. The summed E-state index contributed by atoms with van der Waals surface area (Å²) < 4.78 is 6.59. The molecule has 0 radical (unpaired) electrons. The second kappa shape index (κ2) is 8.60. The zero-order valence-electron chi connectivity index (χ0n) is 14.4. The lowest BCUT2D eigenvalue weighted by atomic mass is 10.2. The lowest BCUT2D eigenvalue weighted by Crippen LogP contribution is -2.28. The van der Waals surface area contributed by atoms with Gasteiger partial charge < -0.3 is 20.1 Å². The average Bonchev–Trinajstić information content (AvgIpc) is 3.04. The Morgan fingerprint density at radius 3 is 2.69 bits per heavy atom. The third kappa shape index (κ3) is 5.30. The van der Waals surface area contributed by atoms with Crippen LogP contribution < -0.4 is 10.1 Å². The SMILES string of the molecule is CN(C)C(=O)COc1ccccc1C(=O)NCc1cn(CC(=O)O)nn1. The molecule has 1 heterocycles. The minimum atomic E-state index is -1.04. The summed E-state index contributed by atoms with van der Waals surface area (Å²) in [7, 11) is 3.23. The summed E-state index contributed by atoms with van der Waals surface area (Å²) in [5, 5.41) is 18.8. The molecule has 0 bridgehead atoms. The molecule has 2 amide bonds. The first kappa shape index (κ1) is 18.9. The highest BCUT2D eigenvalue weighted by atomic mass is 16.5. The summed E-state index contributed by atoms with van der Waals surface area (Å²) in [6.45, 7) is -0.415. The Bertz CT molecular complexity index is 802. The summed E-state index contributed by atoms with van der Waals surface area (Å²) in [5.41, 5.74) is 0.692. The van der Waals surface area contributed by atoms with Crippen LogP contribution in [0.4, 0.5) is 0 Å². The fraction of sp³-hybridized carbons (Fsp3) is 0.312. The molecule has 0 aliphatic rings. The summed E-state index contributed by atoms with van der Waals surface area (Å²) in [6, 6.07) is 6.55. The topological polar surface area (TPSA) is 127 Å². The highest BCUT2D eigenvalue weighted by Gasteiger charge is 2.14. The molecule has 10 nitrogen and oxygen atoms in total. The standard InChI is InChI=1S/C16H19N5O5/c1-20(2)14(22)10-26-13-6-4-3-5-12(13)16(25)17-7-11-8-21(19-18-11)9-15(23)24/h3-6,8H,7,9-10H2,1-2H3,(H,17,25)(H,23,24). The van der Waals surface area contributed by atoms with Gasteiger partial charge in [-0.25, -0.2) is 4.68 Å². The molecule has 2 aromatic rings. The van der Waals surface area contributed by atoms with E-state index in [-0.39, 0.29) is 36.9 Å². The second-order valence-corrected chi connectivity index (χ2v) is 5.56. The molecular weight excluding hydrogens is 342 g/mol. The maximum Gasteiger partial charge on any atom is 0.325 e. The van der Waals surface area contributed by atoms with Crippen LogP contribution in [0.2, 0.25) is 0 Å². The Kier molecular flexibility index (Phi) is 6.25. The van der Waals surface area contributed by atoms with E-state index in [1.54, 1.807) is 38.4 Å². The van der Waals surface area contributed by atoms with Crippen LogP contribution in [0.5, 0.6) is 5.75 Å². The van der Waals surface area contributed by atoms with Gasteiger partial charge in [-0.3, -0.25) is 14.4 Å². The molecule has 138 valence electrons. The van der Waals surface area contributed by atoms with E-state index in [1.807, 2.05) is 0 Å². The number of hydrogen-bond acceptors (Lipinski definition) is 6. The van der Waals surface area contributed by atoms with E-state index in [4.69, 9.17) is 9.84 Å². The summed E-state index contributed by atoms with van der Waals surface area (Å²) in [6.07, 6.45) is 1.44. The quantitative estimate of drug-likeness (QED) is 0.664. The number of carbonyl (C=O) groups excluding carboxylic acids is 2. The molecule has 1 aromatic heterocycles. The van der Waals surface area contributed by atoms with Gasteiger partial charge in [-0.15, -0.1) is 5.10 Å². The smallest absolute Gasteiger partial charge is 0.325 e. The van der Waals surface area contributed by atoms with Crippen molar-refractivity contribution < 1.29 is 24.2 Å². The van der Waals surface area contributed by atoms with Crippen LogP contribution in [-0.4, -0.2) is 63.5 Å². The van der Waals surface area contributed by atoms with Gasteiger partial charge in [-0.05, 0) is 12.1 Å². The van der Waals surface area contributed by atoms with Crippen molar-refractivity contribution in [3.05, 3.63) is 41.7 Å². The zero-order chi connectivity index (χ0) is 19.1. The van der Waals surface area contributed by atoms with E-state index in [0.717, 1.165) is 4.68 Å². The van der Waals surface area contributed by atoms with Gasteiger partial charge in [-0.1, -0.05) is 17.3 Å². The number of carbonyl (C=O) groups is 3. The van der Waals surface area contributed by atoms with Crippen molar-refractivity contribution in [1.29, 1.82) is 0 Å². The zero-order valence-corrected chi connectivity index (χ0v) is 14.4. The number of aliphatic carboxylic acids is 1. The van der Waals surface area contributed by atoms with Gasteiger partial charge in [0.25, 0.3) is 11.8 Å². The van der Waals surface area contributed by atoms with Crippen LogP contribution >= 0.6 is 0 Å². The number of para-hydroxylation sites is 1. The van der Waals surface area contributed by atoms with E-state index < -0.39 is 11.9 Å². The predicted molar refractivity (Wildman–Crippen MR) is 89.5 cm³/mol. The lowest BCUT2D eigenvalue weighted by Gasteiger charge is -2.13. The van der Waals surface area contributed by atoms with Gasteiger partial charge in [0.1, 0.15) is 18.0 Å². The van der Waals surface area contributed by atoms with Crippen LogP contribution in [0.3, 0.4) is 0 Å². The minimum absolute atomic E-state index is 0.0728. The van der Waals surface area contributed by atoms with Crippen molar-refractivity contribution in [2.24, 2.45) is 0 Å². The van der Waals surface area contributed by atoms with Gasteiger partial charge in [0.2, 0.25) is 0 Å². The van der Waals surface area contributed by atoms with Crippen molar-refractivity contribution in [3.8, 4) is 5.75 Å². The summed E-state index contributed by atoms with van der Waals surface area (Å²) >= 11 is 0. The highest BCUT2D eigenvalue weighted by Crippen LogP contribution is 2.18. The fourth-order valence-corrected chi connectivity index (χ4v) is 1.95. The van der Waals surface area contributed by atoms with E-state index in [9.17, 15) is 14.4 Å². The van der Waals surface area contributed by atoms with Crippen LogP contribution in [0.25, 0.3) is 0 Å². The van der Waals surface area contributed by atoms with Crippen LogP contribution in [-0.2, 0) is 22.7 Å². The number of nitrogens with one attached hydrogen (secondary N) is 1. The molecule has 2 N–H and O–H groups in total. The average molecular weight is 361 g/mol. The van der Waals surface area contributed by atoms with Gasteiger partial charge in [0.15, 0.2) is 6.61 Å². The molecule has 0 fully saturated rings. The number of rotatable bonds is 8. The van der Waals surface area contributed by atoms with Crippen molar-refractivity contribution in [2.75, 3.05) is 20.7 Å². The first-order chi connectivity index (χ1) is 12.4. The Morgan fingerprint density at radius 1 is 1.27 bits per heavy atom. The van der Waals surface area contributed by atoms with E-state index in [1.165, 1.54) is 11.1 Å². The van der Waals surface area contributed by atoms with Crippen molar-refractivity contribution in [2.45, 2.75) is 13.1 Å². The number of ether oxygens (including phenoxy) is 1. The number of carboxylic acid groups (broad SMARTS) is 1. The maximum atomic E-state index is 12.4. The fourth-order valence-electron chi connectivity index (χ4n) is 1.95. The number of nitrogens with zero attached hydrogens (tertiary/aromatic N) is 4. The van der Waals surface area contributed by atoms with Gasteiger partial charge in [-0.2, -0.15) is 0 Å². The number of hydrogen-bond donors (Lipinski definition) is 2.